The van der Waals surface area contributed by atoms with Crippen LogP contribution in [0, 0.1) is 6.92 Å². The summed E-state index contributed by atoms with van der Waals surface area (Å²) in [6.45, 7) is 2.12. The fraction of sp³-hybridized carbons (Fsp3) is 0.250. The lowest BCUT2D eigenvalue weighted by Gasteiger charge is -2.26. The number of benzene rings is 2. The Labute approximate surface area is 102 Å². The summed E-state index contributed by atoms with van der Waals surface area (Å²) in [6.07, 6.45) is 2.09. The van der Waals surface area contributed by atoms with Gasteiger partial charge >= 0.3 is 0 Å². The van der Waals surface area contributed by atoms with Crippen molar-refractivity contribution in [1.29, 1.82) is 0 Å². The number of rotatable bonds is 1. The van der Waals surface area contributed by atoms with Crippen molar-refractivity contribution in [3.05, 3.63) is 70.8 Å². The molecule has 0 aliphatic heterocycles. The summed E-state index contributed by atoms with van der Waals surface area (Å²) in [5.41, 5.74) is 11.6. The molecule has 0 saturated heterocycles. The van der Waals surface area contributed by atoms with Crippen LogP contribution in [0.15, 0.2) is 48.5 Å². The molecular weight excluding hydrogens is 206 g/mol. The van der Waals surface area contributed by atoms with Gasteiger partial charge in [-0.25, -0.2) is 0 Å². The number of nitrogens with two attached hydrogens (primary N) is 1. The molecule has 0 saturated carbocycles. The second kappa shape index (κ2) is 3.71. The number of fused-ring (bicyclic) bond motifs is 1. The molecule has 17 heavy (non-hydrogen) atoms. The molecule has 3 rings (SSSR count). The highest BCUT2D eigenvalue weighted by atomic mass is 14.8. The lowest BCUT2D eigenvalue weighted by molar-refractivity contribution is 0.534. The fourth-order valence-electron chi connectivity index (χ4n) is 2.86. The number of aryl methyl sites for hydroxylation is 2. The Balaban J connectivity index is 2.15. The largest absolute Gasteiger partial charge is 0.318 e. The molecule has 0 fully saturated rings. The van der Waals surface area contributed by atoms with E-state index in [1.807, 2.05) is 0 Å². The van der Waals surface area contributed by atoms with Crippen molar-refractivity contribution in [1.82, 2.24) is 0 Å². The third-order valence-corrected chi connectivity index (χ3v) is 3.82. The van der Waals surface area contributed by atoms with E-state index in [-0.39, 0.29) is 5.54 Å². The zero-order chi connectivity index (χ0) is 11.9. The highest BCUT2D eigenvalue weighted by Crippen LogP contribution is 2.39. The topological polar surface area (TPSA) is 26.0 Å². The maximum absolute atomic E-state index is 6.66. The Bertz CT molecular complexity index is 559. The Morgan fingerprint density at radius 1 is 1.06 bits per heavy atom. The lowest BCUT2D eigenvalue weighted by Crippen LogP contribution is -2.35. The van der Waals surface area contributed by atoms with E-state index in [0.29, 0.717) is 0 Å². The van der Waals surface area contributed by atoms with E-state index < -0.39 is 0 Å². The second-order valence-corrected chi connectivity index (χ2v) is 5.00. The van der Waals surface area contributed by atoms with Gasteiger partial charge in [0.05, 0.1) is 5.54 Å². The third kappa shape index (κ3) is 1.58. The first-order chi connectivity index (χ1) is 8.20. The van der Waals surface area contributed by atoms with Gasteiger partial charge in [0.15, 0.2) is 0 Å². The Hall–Kier alpha value is -1.60. The normalized spacial score (nSPS) is 22.5. The van der Waals surface area contributed by atoms with Crippen LogP contribution in [0.4, 0.5) is 0 Å². The summed E-state index contributed by atoms with van der Waals surface area (Å²) in [5, 5.41) is 0. The van der Waals surface area contributed by atoms with E-state index in [0.717, 1.165) is 12.8 Å². The molecule has 0 aromatic heterocycles. The van der Waals surface area contributed by atoms with Crippen molar-refractivity contribution >= 4 is 0 Å². The Kier molecular flexibility index (Phi) is 2.30. The summed E-state index contributed by atoms with van der Waals surface area (Å²) in [5.74, 6) is 0. The fourth-order valence-corrected chi connectivity index (χ4v) is 2.86. The van der Waals surface area contributed by atoms with Gasteiger partial charge in [-0.1, -0.05) is 54.1 Å². The van der Waals surface area contributed by atoms with Gasteiger partial charge in [-0.05, 0) is 36.5 Å². The highest BCUT2D eigenvalue weighted by molar-refractivity contribution is 5.47. The number of hydrogen-bond donors (Lipinski definition) is 1. The molecule has 1 heteroatoms. The first-order valence-electron chi connectivity index (χ1n) is 6.14. The van der Waals surface area contributed by atoms with Crippen LogP contribution in [0.25, 0.3) is 0 Å². The van der Waals surface area contributed by atoms with Crippen molar-refractivity contribution in [3.8, 4) is 0 Å². The van der Waals surface area contributed by atoms with Crippen LogP contribution in [0.1, 0.15) is 28.7 Å². The molecule has 1 aliphatic carbocycles. The minimum atomic E-state index is -0.289. The van der Waals surface area contributed by atoms with Gasteiger partial charge in [0.2, 0.25) is 0 Å². The van der Waals surface area contributed by atoms with Crippen LogP contribution < -0.4 is 5.73 Å². The van der Waals surface area contributed by atoms with Crippen molar-refractivity contribution in [2.45, 2.75) is 25.3 Å². The molecule has 2 aromatic carbocycles. The molecule has 0 amide bonds. The predicted molar refractivity (Wildman–Crippen MR) is 70.9 cm³/mol. The standard InChI is InChI=1S/C16H17N/c1-12-5-4-7-14(11-12)16(17)10-9-13-6-2-3-8-15(13)16/h2-8,11H,9-10,17H2,1H3. The van der Waals surface area contributed by atoms with Crippen LogP contribution in [-0.2, 0) is 12.0 Å². The molecule has 0 radical (unpaired) electrons. The van der Waals surface area contributed by atoms with E-state index in [1.54, 1.807) is 0 Å². The van der Waals surface area contributed by atoms with Gasteiger partial charge in [-0.15, -0.1) is 0 Å². The van der Waals surface area contributed by atoms with Gasteiger partial charge in [-0.2, -0.15) is 0 Å². The molecule has 1 nitrogen and oxygen atoms in total. The molecule has 2 N–H and O–H groups in total. The molecule has 1 aliphatic rings. The van der Waals surface area contributed by atoms with E-state index in [9.17, 15) is 0 Å². The summed E-state index contributed by atoms with van der Waals surface area (Å²) in [6, 6.07) is 17.1. The van der Waals surface area contributed by atoms with E-state index >= 15 is 0 Å². The SMILES string of the molecule is Cc1cccc(C2(N)CCc3ccccc32)c1. The predicted octanol–water partition coefficient (Wildman–Crippen LogP) is 3.14. The van der Waals surface area contributed by atoms with Crippen molar-refractivity contribution < 1.29 is 0 Å². The summed E-state index contributed by atoms with van der Waals surface area (Å²) in [4.78, 5) is 0. The van der Waals surface area contributed by atoms with Crippen LogP contribution in [0.3, 0.4) is 0 Å². The van der Waals surface area contributed by atoms with Crippen molar-refractivity contribution in [3.63, 3.8) is 0 Å². The summed E-state index contributed by atoms with van der Waals surface area (Å²) in [7, 11) is 0. The second-order valence-electron chi connectivity index (χ2n) is 5.00. The lowest BCUT2D eigenvalue weighted by atomic mass is 9.84. The average molecular weight is 223 g/mol. The minimum Gasteiger partial charge on any atom is -0.318 e. The molecule has 86 valence electrons. The Morgan fingerprint density at radius 2 is 1.88 bits per heavy atom. The highest BCUT2D eigenvalue weighted by Gasteiger charge is 2.36. The zero-order valence-corrected chi connectivity index (χ0v) is 10.1. The molecule has 0 bridgehead atoms. The van der Waals surface area contributed by atoms with Gasteiger partial charge in [0, 0.05) is 0 Å². The van der Waals surface area contributed by atoms with Crippen LogP contribution in [0.5, 0.6) is 0 Å². The van der Waals surface area contributed by atoms with Crippen LogP contribution >= 0.6 is 0 Å². The molecule has 1 unspecified atom stereocenters. The van der Waals surface area contributed by atoms with Crippen LogP contribution in [-0.4, -0.2) is 0 Å². The van der Waals surface area contributed by atoms with Crippen molar-refractivity contribution in [2.75, 3.05) is 0 Å². The van der Waals surface area contributed by atoms with Gasteiger partial charge in [0.25, 0.3) is 0 Å². The number of hydrogen-bond acceptors (Lipinski definition) is 1. The molecule has 0 spiro atoms. The summed E-state index contributed by atoms with van der Waals surface area (Å²) < 4.78 is 0. The van der Waals surface area contributed by atoms with Crippen LogP contribution in [0.2, 0.25) is 0 Å². The third-order valence-electron chi connectivity index (χ3n) is 3.82. The Morgan fingerprint density at radius 3 is 2.71 bits per heavy atom. The minimum absolute atomic E-state index is 0.289. The molecule has 1 atom stereocenters. The first-order valence-corrected chi connectivity index (χ1v) is 6.14. The van der Waals surface area contributed by atoms with Crippen molar-refractivity contribution in [2.24, 2.45) is 5.73 Å². The monoisotopic (exact) mass is 223 g/mol. The smallest absolute Gasteiger partial charge is 0.0671 e. The molecule has 2 aromatic rings. The summed E-state index contributed by atoms with van der Waals surface area (Å²) >= 11 is 0. The maximum Gasteiger partial charge on any atom is 0.0671 e. The van der Waals surface area contributed by atoms with E-state index in [1.165, 1.54) is 22.3 Å². The van der Waals surface area contributed by atoms with E-state index in [4.69, 9.17) is 5.73 Å². The van der Waals surface area contributed by atoms with E-state index in [2.05, 4.69) is 55.5 Å². The zero-order valence-electron chi connectivity index (χ0n) is 10.1. The van der Waals surface area contributed by atoms with Gasteiger partial charge in [-0.3, -0.25) is 0 Å². The maximum atomic E-state index is 6.66. The van der Waals surface area contributed by atoms with Gasteiger partial charge < -0.3 is 5.73 Å². The quantitative estimate of drug-likeness (QED) is 0.789. The van der Waals surface area contributed by atoms with Gasteiger partial charge in [0.1, 0.15) is 0 Å². The average Bonchev–Trinajstić information content (AvgIpc) is 2.69. The first kappa shape index (κ1) is 10.5. The molecule has 0 heterocycles. The molecular formula is C16H17N.